The minimum atomic E-state index is -0.597. The number of nitrogens with zero attached hydrogens (tertiary/aromatic N) is 3. The highest BCUT2D eigenvalue weighted by molar-refractivity contribution is 9.10. The van der Waals surface area contributed by atoms with Gasteiger partial charge in [-0.2, -0.15) is 5.10 Å². The van der Waals surface area contributed by atoms with E-state index in [0.29, 0.717) is 31.3 Å². The molecule has 1 unspecified atom stereocenters. The summed E-state index contributed by atoms with van der Waals surface area (Å²) in [5, 5.41) is 6.96. The summed E-state index contributed by atoms with van der Waals surface area (Å²) < 4.78 is 13.0. The molecule has 8 heteroatoms. The van der Waals surface area contributed by atoms with Gasteiger partial charge in [0.2, 0.25) is 0 Å². The summed E-state index contributed by atoms with van der Waals surface area (Å²) in [6.07, 6.45) is 4.46. The normalized spacial score (nSPS) is 12.1. The van der Waals surface area contributed by atoms with E-state index in [0.717, 1.165) is 4.47 Å². The van der Waals surface area contributed by atoms with Crippen LogP contribution in [0.2, 0.25) is 0 Å². The van der Waals surface area contributed by atoms with E-state index in [9.17, 15) is 4.79 Å². The second kappa shape index (κ2) is 8.76. The Morgan fingerprint density at radius 3 is 3.00 bits per heavy atom. The third-order valence-electron chi connectivity index (χ3n) is 2.98. The molecule has 2 rings (SSSR count). The Hall–Kier alpha value is -1.77. The molecule has 2 heterocycles. The van der Waals surface area contributed by atoms with Crippen LogP contribution < -0.4 is 5.32 Å². The van der Waals surface area contributed by atoms with Crippen LogP contribution in [0.3, 0.4) is 0 Å². The van der Waals surface area contributed by atoms with Gasteiger partial charge in [-0.15, -0.1) is 0 Å². The molecule has 0 radical (unpaired) electrons. The standard InChI is InChI=1S/C15H19BrN4O3/c1-3-22-7-8-23-11(2)15(21)19-13-9-12(16)10-17-14(13)20-6-4-5-18-20/h4-6,9-11H,3,7-8H2,1-2H3,(H,19,21). The van der Waals surface area contributed by atoms with E-state index in [1.807, 2.05) is 6.92 Å². The van der Waals surface area contributed by atoms with Gasteiger partial charge in [-0.25, -0.2) is 9.67 Å². The van der Waals surface area contributed by atoms with Crippen LogP contribution in [0.1, 0.15) is 13.8 Å². The third kappa shape index (κ3) is 5.12. The van der Waals surface area contributed by atoms with Crippen molar-refractivity contribution < 1.29 is 14.3 Å². The van der Waals surface area contributed by atoms with Crippen molar-refractivity contribution in [3.05, 3.63) is 35.2 Å². The quantitative estimate of drug-likeness (QED) is 0.709. The smallest absolute Gasteiger partial charge is 0.253 e. The first-order chi connectivity index (χ1) is 11.1. The summed E-state index contributed by atoms with van der Waals surface area (Å²) in [5.74, 6) is 0.280. The van der Waals surface area contributed by atoms with Gasteiger partial charge in [0.05, 0.1) is 18.9 Å². The maximum absolute atomic E-state index is 12.3. The third-order valence-corrected chi connectivity index (χ3v) is 3.42. The zero-order chi connectivity index (χ0) is 16.7. The summed E-state index contributed by atoms with van der Waals surface area (Å²) in [5.41, 5.74) is 0.549. The average Bonchev–Trinajstić information content (AvgIpc) is 3.05. The van der Waals surface area contributed by atoms with Crippen molar-refractivity contribution in [2.24, 2.45) is 0 Å². The highest BCUT2D eigenvalue weighted by Gasteiger charge is 2.17. The molecule has 0 bridgehead atoms. The molecule has 0 aromatic carbocycles. The van der Waals surface area contributed by atoms with Gasteiger partial charge in [-0.05, 0) is 41.9 Å². The topological polar surface area (TPSA) is 78.3 Å². The number of amides is 1. The first-order valence-corrected chi connectivity index (χ1v) is 8.07. The molecule has 1 amide bonds. The Morgan fingerprint density at radius 1 is 1.48 bits per heavy atom. The molecule has 2 aromatic heterocycles. The number of halogens is 1. The second-order valence-electron chi connectivity index (χ2n) is 4.67. The van der Waals surface area contributed by atoms with Gasteiger partial charge in [0.1, 0.15) is 6.10 Å². The second-order valence-corrected chi connectivity index (χ2v) is 5.59. The maximum atomic E-state index is 12.3. The van der Waals surface area contributed by atoms with Gasteiger partial charge in [0.15, 0.2) is 5.82 Å². The number of hydrogen-bond donors (Lipinski definition) is 1. The van der Waals surface area contributed by atoms with Gasteiger partial charge in [0, 0.05) is 29.7 Å². The van der Waals surface area contributed by atoms with Crippen molar-refractivity contribution in [2.75, 3.05) is 25.1 Å². The number of rotatable bonds is 8. The summed E-state index contributed by atoms with van der Waals surface area (Å²) >= 11 is 3.35. The van der Waals surface area contributed by atoms with Gasteiger partial charge in [-0.3, -0.25) is 4.79 Å². The summed E-state index contributed by atoms with van der Waals surface area (Å²) in [7, 11) is 0. The number of hydrogen-bond acceptors (Lipinski definition) is 5. The molecule has 0 aliphatic heterocycles. The van der Waals surface area contributed by atoms with Crippen molar-refractivity contribution in [2.45, 2.75) is 20.0 Å². The van der Waals surface area contributed by atoms with E-state index in [4.69, 9.17) is 9.47 Å². The molecule has 0 aliphatic carbocycles. The molecule has 7 nitrogen and oxygen atoms in total. The molecule has 0 spiro atoms. The number of aromatic nitrogens is 3. The van der Waals surface area contributed by atoms with Crippen LogP contribution in [0.25, 0.3) is 5.82 Å². The number of nitrogens with one attached hydrogen (secondary N) is 1. The van der Waals surface area contributed by atoms with Crippen molar-refractivity contribution in [1.29, 1.82) is 0 Å². The van der Waals surface area contributed by atoms with Gasteiger partial charge < -0.3 is 14.8 Å². The van der Waals surface area contributed by atoms with E-state index < -0.39 is 6.10 Å². The predicted molar refractivity (Wildman–Crippen MR) is 89.6 cm³/mol. The van der Waals surface area contributed by atoms with Crippen molar-refractivity contribution in [1.82, 2.24) is 14.8 Å². The molecule has 0 saturated carbocycles. The van der Waals surface area contributed by atoms with E-state index in [-0.39, 0.29) is 5.91 Å². The summed E-state index contributed by atoms with van der Waals surface area (Å²) in [6.45, 7) is 5.06. The van der Waals surface area contributed by atoms with Crippen molar-refractivity contribution in [3.8, 4) is 5.82 Å². The first-order valence-electron chi connectivity index (χ1n) is 7.27. The highest BCUT2D eigenvalue weighted by Crippen LogP contribution is 2.22. The van der Waals surface area contributed by atoms with E-state index in [1.165, 1.54) is 0 Å². The Bertz CT molecular complexity index is 634. The van der Waals surface area contributed by atoms with Crippen LogP contribution in [0.4, 0.5) is 5.69 Å². The lowest BCUT2D eigenvalue weighted by atomic mass is 10.3. The van der Waals surface area contributed by atoms with Crippen LogP contribution in [0.5, 0.6) is 0 Å². The van der Waals surface area contributed by atoms with E-state index >= 15 is 0 Å². The number of ether oxygens (including phenoxy) is 2. The fraction of sp³-hybridized carbons (Fsp3) is 0.400. The fourth-order valence-corrected chi connectivity index (χ4v) is 2.17. The Labute approximate surface area is 143 Å². The summed E-state index contributed by atoms with van der Waals surface area (Å²) in [6, 6.07) is 3.56. The molecular weight excluding hydrogens is 364 g/mol. The van der Waals surface area contributed by atoms with Crippen molar-refractivity contribution >= 4 is 27.5 Å². The number of carbonyl (C=O) groups excluding carboxylic acids is 1. The van der Waals surface area contributed by atoms with Crippen LogP contribution in [-0.4, -0.2) is 46.6 Å². The lowest BCUT2D eigenvalue weighted by Crippen LogP contribution is -2.29. The largest absolute Gasteiger partial charge is 0.379 e. The number of pyridine rings is 1. The number of carbonyl (C=O) groups is 1. The minimum absolute atomic E-state index is 0.255. The highest BCUT2D eigenvalue weighted by atomic mass is 79.9. The molecule has 1 atom stereocenters. The van der Waals surface area contributed by atoms with E-state index in [1.54, 1.807) is 42.3 Å². The van der Waals surface area contributed by atoms with Gasteiger partial charge in [-0.1, -0.05) is 0 Å². The molecular formula is C15H19BrN4O3. The van der Waals surface area contributed by atoms with E-state index in [2.05, 4.69) is 31.3 Å². The first kappa shape index (κ1) is 17.6. The average molecular weight is 383 g/mol. The zero-order valence-electron chi connectivity index (χ0n) is 13.0. The van der Waals surface area contributed by atoms with Crippen LogP contribution in [-0.2, 0) is 14.3 Å². The maximum Gasteiger partial charge on any atom is 0.253 e. The predicted octanol–water partition coefficient (Wildman–Crippen LogP) is 2.41. The fourth-order valence-electron chi connectivity index (χ4n) is 1.84. The summed E-state index contributed by atoms with van der Waals surface area (Å²) in [4.78, 5) is 16.6. The lowest BCUT2D eigenvalue weighted by Gasteiger charge is -2.15. The Morgan fingerprint density at radius 2 is 2.30 bits per heavy atom. The minimum Gasteiger partial charge on any atom is -0.379 e. The van der Waals surface area contributed by atoms with Crippen molar-refractivity contribution in [3.63, 3.8) is 0 Å². The molecule has 23 heavy (non-hydrogen) atoms. The lowest BCUT2D eigenvalue weighted by molar-refractivity contribution is -0.127. The Kier molecular flexibility index (Phi) is 6.69. The van der Waals surface area contributed by atoms with Gasteiger partial charge >= 0.3 is 0 Å². The zero-order valence-corrected chi connectivity index (χ0v) is 14.6. The molecule has 1 N–H and O–H groups in total. The number of anilines is 1. The van der Waals surface area contributed by atoms with Crippen LogP contribution >= 0.6 is 15.9 Å². The van der Waals surface area contributed by atoms with Gasteiger partial charge in [0.25, 0.3) is 5.91 Å². The monoisotopic (exact) mass is 382 g/mol. The molecule has 0 saturated heterocycles. The van der Waals surface area contributed by atoms with Crippen LogP contribution in [0.15, 0.2) is 35.2 Å². The molecule has 0 fully saturated rings. The molecule has 2 aromatic rings. The molecule has 124 valence electrons. The van der Waals surface area contributed by atoms with Crippen LogP contribution in [0, 0.1) is 0 Å². The molecule has 0 aliphatic rings. The Balaban J connectivity index is 2.04. The SMILES string of the molecule is CCOCCOC(C)C(=O)Nc1cc(Br)cnc1-n1cccn1.